The van der Waals surface area contributed by atoms with Crippen molar-refractivity contribution in [2.45, 2.75) is 57.9 Å². The summed E-state index contributed by atoms with van der Waals surface area (Å²) in [5.41, 5.74) is 1.16. The maximum Gasteiger partial charge on any atom is 0.258 e. The first-order chi connectivity index (χ1) is 14.9. The van der Waals surface area contributed by atoms with E-state index in [1.54, 1.807) is 18.2 Å². The summed E-state index contributed by atoms with van der Waals surface area (Å²) in [6.07, 6.45) is 4.02. The van der Waals surface area contributed by atoms with Gasteiger partial charge in [-0.2, -0.15) is 4.98 Å². The number of H-pyrrole nitrogens is 1. The van der Waals surface area contributed by atoms with Crippen molar-refractivity contribution in [3.8, 4) is 0 Å². The van der Waals surface area contributed by atoms with E-state index in [1.807, 2.05) is 6.92 Å². The first-order valence-corrected chi connectivity index (χ1v) is 11.0. The van der Waals surface area contributed by atoms with Gasteiger partial charge in [0, 0.05) is 29.7 Å². The van der Waals surface area contributed by atoms with E-state index in [4.69, 9.17) is 11.6 Å². The van der Waals surface area contributed by atoms with E-state index in [1.165, 1.54) is 0 Å². The van der Waals surface area contributed by atoms with Crippen LogP contribution in [0.1, 0.15) is 56.1 Å². The second-order valence-electron chi connectivity index (χ2n) is 8.16. The van der Waals surface area contributed by atoms with Gasteiger partial charge in [0.1, 0.15) is 5.82 Å². The van der Waals surface area contributed by atoms with Gasteiger partial charge in [-0.25, -0.2) is 0 Å². The van der Waals surface area contributed by atoms with Crippen LogP contribution in [0.5, 0.6) is 0 Å². The van der Waals surface area contributed by atoms with Crippen molar-refractivity contribution in [1.82, 2.24) is 9.97 Å². The van der Waals surface area contributed by atoms with E-state index in [2.05, 4.69) is 32.4 Å². The van der Waals surface area contributed by atoms with E-state index >= 15 is 0 Å². The second kappa shape index (κ2) is 8.70. The molecule has 3 N–H and O–H groups in total. The van der Waals surface area contributed by atoms with Gasteiger partial charge in [0.05, 0.1) is 11.5 Å². The molecule has 1 saturated heterocycles. The lowest BCUT2D eigenvalue weighted by Crippen LogP contribution is -2.43. The number of carbonyl (C=O) groups excluding carboxylic acids is 2. The number of nitrogens with zero attached hydrogens (tertiary/aromatic N) is 2. The molecule has 2 atom stereocenters. The fourth-order valence-electron chi connectivity index (χ4n) is 4.37. The minimum atomic E-state index is -0.934. The highest BCUT2D eigenvalue weighted by Crippen LogP contribution is 2.32. The monoisotopic (exact) mass is 443 g/mol. The molecule has 164 valence electrons. The van der Waals surface area contributed by atoms with Crippen LogP contribution in [-0.4, -0.2) is 34.4 Å². The Hall–Kier alpha value is -2.87. The van der Waals surface area contributed by atoms with Crippen LogP contribution < -0.4 is 21.1 Å². The third-order valence-electron chi connectivity index (χ3n) is 6.08. The minimum Gasteiger partial charge on any atom is -0.339 e. The molecule has 1 fully saturated rings. The zero-order chi connectivity index (χ0) is 22.1. The number of aryl methyl sites for hydroxylation is 1. The number of rotatable bonds is 4. The molecule has 0 saturated carbocycles. The number of fused-ring (bicyclic) bond motifs is 1. The predicted molar refractivity (Wildman–Crippen MR) is 121 cm³/mol. The van der Waals surface area contributed by atoms with Crippen LogP contribution in [-0.2, 0) is 9.59 Å². The number of anilines is 3. The molecule has 1 aromatic carbocycles. The fourth-order valence-corrected chi connectivity index (χ4v) is 4.54. The summed E-state index contributed by atoms with van der Waals surface area (Å²) in [7, 11) is 0. The Morgan fingerprint density at radius 2 is 2.13 bits per heavy atom. The lowest BCUT2D eigenvalue weighted by atomic mass is 9.92. The van der Waals surface area contributed by atoms with E-state index in [9.17, 15) is 14.4 Å². The zero-order valence-electron chi connectivity index (χ0n) is 17.6. The Kier molecular flexibility index (Phi) is 6.00. The van der Waals surface area contributed by atoms with Gasteiger partial charge < -0.3 is 15.5 Å². The number of benzene rings is 1. The average Bonchev–Trinajstić information content (AvgIpc) is 2.75. The van der Waals surface area contributed by atoms with Gasteiger partial charge in [-0.3, -0.25) is 19.4 Å². The lowest BCUT2D eigenvalue weighted by molar-refractivity contribution is -0.123. The van der Waals surface area contributed by atoms with Crippen LogP contribution in [0.2, 0.25) is 5.02 Å². The Morgan fingerprint density at radius 1 is 1.32 bits per heavy atom. The van der Waals surface area contributed by atoms with Crippen molar-refractivity contribution >= 4 is 40.9 Å². The number of amides is 2. The van der Waals surface area contributed by atoms with Crippen LogP contribution in [0, 0.1) is 6.92 Å². The first kappa shape index (κ1) is 21.4. The molecule has 2 aliphatic heterocycles. The van der Waals surface area contributed by atoms with E-state index in [-0.39, 0.29) is 23.7 Å². The Bertz CT molecular complexity index is 1080. The number of carbonyl (C=O) groups is 2. The Labute approximate surface area is 185 Å². The van der Waals surface area contributed by atoms with Gasteiger partial charge in [0.2, 0.25) is 17.8 Å². The Balaban J connectivity index is 1.67. The summed E-state index contributed by atoms with van der Waals surface area (Å²) in [6, 6.07) is 5.46. The molecule has 8 nitrogen and oxygen atoms in total. The molecular weight excluding hydrogens is 418 g/mol. The summed E-state index contributed by atoms with van der Waals surface area (Å²) >= 11 is 6.05. The molecule has 2 amide bonds. The second-order valence-corrected chi connectivity index (χ2v) is 8.59. The number of aromatic amines is 1. The first-order valence-electron chi connectivity index (χ1n) is 10.6. The normalized spacial score (nSPS) is 20.7. The van der Waals surface area contributed by atoms with Crippen LogP contribution in [0.4, 0.5) is 17.5 Å². The van der Waals surface area contributed by atoms with Gasteiger partial charge in [0.25, 0.3) is 5.56 Å². The van der Waals surface area contributed by atoms with Crippen molar-refractivity contribution < 1.29 is 9.59 Å². The molecule has 3 heterocycles. The minimum absolute atomic E-state index is 0.121. The fraction of sp³-hybridized carbons (Fsp3) is 0.455. The van der Waals surface area contributed by atoms with E-state index in [0.717, 1.165) is 37.8 Å². The number of piperidine rings is 1. The predicted octanol–water partition coefficient (Wildman–Crippen LogP) is 3.57. The zero-order valence-corrected chi connectivity index (χ0v) is 18.4. The van der Waals surface area contributed by atoms with Gasteiger partial charge in [-0.15, -0.1) is 0 Å². The molecule has 2 aliphatic rings. The summed E-state index contributed by atoms with van der Waals surface area (Å²) in [4.78, 5) is 48.0. The molecule has 31 heavy (non-hydrogen) atoms. The summed E-state index contributed by atoms with van der Waals surface area (Å²) in [5.74, 6) is -1.10. The van der Waals surface area contributed by atoms with Crippen LogP contribution in [0.25, 0.3) is 0 Å². The van der Waals surface area contributed by atoms with Crippen molar-refractivity contribution in [3.63, 3.8) is 0 Å². The summed E-state index contributed by atoms with van der Waals surface area (Å²) in [6.45, 7) is 4.75. The molecule has 4 rings (SSSR count). The SMILES string of the molecule is CC[C@@H]1CCCCN1c1nc2c(c(=O)[nH]1)[C@H](C(=O)Nc1cc(Cl)ccc1C)CC(=O)N2. The maximum atomic E-state index is 13.1. The van der Waals surface area contributed by atoms with Gasteiger partial charge >= 0.3 is 0 Å². The van der Waals surface area contributed by atoms with Crippen molar-refractivity contribution in [2.75, 3.05) is 22.1 Å². The molecule has 0 spiro atoms. The van der Waals surface area contributed by atoms with Crippen molar-refractivity contribution in [2.24, 2.45) is 0 Å². The number of nitrogens with one attached hydrogen (secondary N) is 3. The van der Waals surface area contributed by atoms with Crippen LogP contribution in [0.3, 0.4) is 0 Å². The number of aromatic nitrogens is 2. The maximum absolute atomic E-state index is 13.1. The molecule has 2 aromatic rings. The topological polar surface area (TPSA) is 107 Å². The highest BCUT2D eigenvalue weighted by Gasteiger charge is 2.36. The quantitative estimate of drug-likeness (QED) is 0.669. The molecule has 1 aromatic heterocycles. The third-order valence-corrected chi connectivity index (χ3v) is 6.32. The van der Waals surface area contributed by atoms with Crippen LogP contribution >= 0.6 is 11.6 Å². The number of hydrogen-bond donors (Lipinski definition) is 3. The van der Waals surface area contributed by atoms with Crippen molar-refractivity contribution in [1.29, 1.82) is 0 Å². The van der Waals surface area contributed by atoms with E-state index in [0.29, 0.717) is 22.7 Å². The largest absolute Gasteiger partial charge is 0.339 e. The smallest absolute Gasteiger partial charge is 0.258 e. The average molecular weight is 444 g/mol. The molecule has 0 unspecified atom stereocenters. The Morgan fingerprint density at radius 3 is 2.90 bits per heavy atom. The number of halogens is 1. The molecule has 0 radical (unpaired) electrons. The number of hydrogen-bond acceptors (Lipinski definition) is 5. The molecular formula is C22H26ClN5O3. The highest BCUT2D eigenvalue weighted by atomic mass is 35.5. The summed E-state index contributed by atoms with van der Waals surface area (Å²) in [5, 5.41) is 5.98. The van der Waals surface area contributed by atoms with Gasteiger partial charge in [0.15, 0.2) is 0 Å². The molecule has 0 bridgehead atoms. The van der Waals surface area contributed by atoms with Crippen LogP contribution in [0.15, 0.2) is 23.0 Å². The van der Waals surface area contributed by atoms with Crippen molar-refractivity contribution in [3.05, 3.63) is 44.7 Å². The van der Waals surface area contributed by atoms with Gasteiger partial charge in [-0.1, -0.05) is 24.6 Å². The highest BCUT2D eigenvalue weighted by molar-refractivity contribution is 6.31. The molecule has 0 aliphatic carbocycles. The van der Waals surface area contributed by atoms with Gasteiger partial charge in [-0.05, 0) is 50.3 Å². The van der Waals surface area contributed by atoms with E-state index < -0.39 is 17.4 Å². The third kappa shape index (κ3) is 4.30. The lowest BCUT2D eigenvalue weighted by Gasteiger charge is -2.36. The molecule has 9 heteroatoms. The standard InChI is InChI=1S/C22H26ClN5O3/c1-3-14-6-4-5-9-28(14)22-26-19-18(21(31)27-22)15(11-17(29)25-19)20(30)24-16-10-13(23)8-7-12(16)2/h7-8,10,14-15H,3-6,9,11H2,1-2H3,(H,24,30)(H2,25,26,27,29,31)/t14-,15-/m1/s1. The summed E-state index contributed by atoms with van der Waals surface area (Å²) < 4.78 is 0.